The number of hydrogen-bond acceptors (Lipinski definition) is 4. The molecule has 3 atom stereocenters. The summed E-state index contributed by atoms with van der Waals surface area (Å²) in [5, 5.41) is 18.0. The monoisotopic (exact) mass is 373 g/mol. The third-order valence-electron chi connectivity index (χ3n) is 4.78. The molecular formula is C18H20ClN5O2. The maximum absolute atomic E-state index is 12.4. The number of hydrogen-bond donors (Lipinski definition) is 2. The van der Waals surface area contributed by atoms with Gasteiger partial charge in [0.2, 0.25) is 5.91 Å². The summed E-state index contributed by atoms with van der Waals surface area (Å²) in [5.74, 6) is 0.127. The molecule has 7 nitrogen and oxygen atoms in total. The van der Waals surface area contributed by atoms with Crippen molar-refractivity contribution in [1.29, 1.82) is 0 Å². The van der Waals surface area contributed by atoms with E-state index >= 15 is 0 Å². The van der Waals surface area contributed by atoms with Gasteiger partial charge in [0.05, 0.1) is 35.5 Å². The predicted octanol–water partition coefficient (Wildman–Crippen LogP) is 1.68. The molecule has 1 aliphatic rings. The molecule has 1 fully saturated rings. The first-order chi connectivity index (χ1) is 12.6. The van der Waals surface area contributed by atoms with Gasteiger partial charge >= 0.3 is 0 Å². The van der Waals surface area contributed by atoms with E-state index in [0.29, 0.717) is 23.7 Å². The van der Waals surface area contributed by atoms with Gasteiger partial charge in [0, 0.05) is 25.1 Å². The fourth-order valence-corrected chi connectivity index (χ4v) is 3.78. The Kier molecular flexibility index (Phi) is 4.65. The van der Waals surface area contributed by atoms with Crippen molar-refractivity contribution in [2.24, 2.45) is 5.92 Å². The largest absolute Gasteiger partial charge is 0.391 e. The quantitative estimate of drug-likeness (QED) is 0.712. The van der Waals surface area contributed by atoms with Crippen LogP contribution in [0.25, 0.3) is 5.65 Å². The van der Waals surface area contributed by atoms with E-state index in [1.165, 1.54) is 0 Å². The summed E-state index contributed by atoms with van der Waals surface area (Å²) in [6.07, 6.45) is 8.12. The third-order valence-corrected chi connectivity index (χ3v) is 4.97. The second-order valence-electron chi connectivity index (χ2n) is 6.83. The van der Waals surface area contributed by atoms with Crippen LogP contribution in [0.3, 0.4) is 0 Å². The van der Waals surface area contributed by atoms with Crippen LogP contribution in [0.4, 0.5) is 0 Å². The van der Waals surface area contributed by atoms with Gasteiger partial charge in [-0.3, -0.25) is 9.48 Å². The first kappa shape index (κ1) is 17.1. The van der Waals surface area contributed by atoms with Crippen molar-refractivity contribution in [2.45, 2.75) is 38.0 Å². The molecule has 3 heterocycles. The van der Waals surface area contributed by atoms with Gasteiger partial charge in [0.25, 0.3) is 0 Å². The molecule has 0 spiro atoms. The minimum absolute atomic E-state index is 0.125. The number of carbonyl (C=O) groups excluding carboxylic acids is 1. The molecule has 1 aliphatic carbocycles. The Labute approximate surface area is 155 Å². The highest BCUT2D eigenvalue weighted by atomic mass is 35.5. The van der Waals surface area contributed by atoms with Crippen molar-refractivity contribution >= 4 is 23.2 Å². The normalized spacial score (nSPS) is 22.8. The van der Waals surface area contributed by atoms with Crippen molar-refractivity contribution in [3.63, 3.8) is 0 Å². The van der Waals surface area contributed by atoms with E-state index < -0.39 is 6.10 Å². The van der Waals surface area contributed by atoms with Crippen LogP contribution in [0.1, 0.15) is 18.5 Å². The molecule has 0 bridgehead atoms. The van der Waals surface area contributed by atoms with Crippen molar-refractivity contribution < 1.29 is 9.90 Å². The first-order valence-electron chi connectivity index (χ1n) is 8.65. The number of aliphatic hydroxyl groups excluding tert-OH is 1. The summed E-state index contributed by atoms with van der Waals surface area (Å²) in [6, 6.07) is 5.48. The van der Waals surface area contributed by atoms with E-state index in [4.69, 9.17) is 11.6 Å². The summed E-state index contributed by atoms with van der Waals surface area (Å²) in [6.45, 7) is 0.683. The third kappa shape index (κ3) is 3.73. The van der Waals surface area contributed by atoms with Crippen LogP contribution < -0.4 is 5.32 Å². The standard InChI is InChI=1S/C18H20ClN5O2/c19-13-8-20-24(10-13)9-12-5-15(16(25)6-12)22-18(26)7-14-11-23-4-2-1-3-17(23)21-14/h1-4,8,10-12,15-16,25H,5-7,9H2,(H,22,26)/t12?,15-,16-/m1/s1. The van der Waals surface area contributed by atoms with Crippen LogP contribution in [0.5, 0.6) is 0 Å². The van der Waals surface area contributed by atoms with E-state index in [2.05, 4.69) is 15.4 Å². The Morgan fingerprint density at radius 1 is 1.35 bits per heavy atom. The topological polar surface area (TPSA) is 84.5 Å². The Morgan fingerprint density at radius 3 is 3.00 bits per heavy atom. The molecule has 0 aliphatic heterocycles. The zero-order chi connectivity index (χ0) is 18.1. The number of rotatable bonds is 5. The molecule has 1 unspecified atom stereocenters. The van der Waals surface area contributed by atoms with Crippen molar-refractivity contribution in [3.8, 4) is 0 Å². The molecule has 26 heavy (non-hydrogen) atoms. The van der Waals surface area contributed by atoms with Gasteiger partial charge < -0.3 is 14.8 Å². The van der Waals surface area contributed by atoms with E-state index in [1.807, 2.05) is 35.0 Å². The molecule has 4 rings (SSSR count). The minimum Gasteiger partial charge on any atom is -0.391 e. The summed E-state index contributed by atoms with van der Waals surface area (Å²) >= 11 is 5.88. The van der Waals surface area contributed by atoms with Crippen molar-refractivity contribution in [2.75, 3.05) is 0 Å². The molecule has 1 amide bonds. The number of nitrogens with one attached hydrogen (secondary N) is 1. The minimum atomic E-state index is -0.545. The number of aromatic nitrogens is 4. The van der Waals surface area contributed by atoms with E-state index in [0.717, 1.165) is 12.1 Å². The summed E-state index contributed by atoms with van der Waals surface area (Å²) < 4.78 is 3.67. The fourth-order valence-electron chi connectivity index (χ4n) is 3.62. The van der Waals surface area contributed by atoms with Gasteiger partial charge in [-0.15, -0.1) is 0 Å². The molecule has 0 saturated heterocycles. The number of carbonyl (C=O) groups is 1. The van der Waals surface area contributed by atoms with Gasteiger partial charge in [-0.1, -0.05) is 17.7 Å². The van der Waals surface area contributed by atoms with Gasteiger partial charge in [0.15, 0.2) is 0 Å². The van der Waals surface area contributed by atoms with Crippen LogP contribution in [0.2, 0.25) is 5.02 Å². The zero-order valence-electron chi connectivity index (χ0n) is 14.1. The predicted molar refractivity (Wildman–Crippen MR) is 96.8 cm³/mol. The molecular weight excluding hydrogens is 354 g/mol. The molecule has 0 aromatic carbocycles. The average molecular weight is 374 g/mol. The Hall–Kier alpha value is -2.38. The second kappa shape index (κ2) is 7.09. The highest BCUT2D eigenvalue weighted by molar-refractivity contribution is 6.30. The molecule has 0 radical (unpaired) electrons. The summed E-state index contributed by atoms with van der Waals surface area (Å²) in [7, 11) is 0. The number of halogens is 1. The van der Waals surface area contributed by atoms with E-state index in [9.17, 15) is 9.90 Å². The van der Waals surface area contributed by atoms with E-state index in [-0.39, 0.29) is 24.3 Å². The highest BCUT2D eigenvalue weighted by Crippen LogP contribution is 2.28. The molecule has 136 valence electrons. The lowest BCUT2D eigenvalue weighted by molar-refractivity contribution is -0.121. The molecule has 8 heteroatoms. The van der Waals surface area contributed by atoms with Crippen LogP contribution in [0, 0.1) is 5.92 Å². The van der Waals surface area contributed by atoms with Crippen molar-refractivity contribution in [1.82, 2.24) is 24.5 Å². The fraction of sp³-hybridized carbons (Fsp3) is 0.389. The van der Waals surface area contributed by atoms with Crippen molar-refractivity contribution in [3.05, 3.63) is 53.7 Å². The number of aliphatic hydroxyl groups is 1. The lowest BCUT2D eigenvalue weighted by Gasteiger charge is -2.16. The second-order valence-corrected chi connectivity index (χ2v) is 7.27. The average Bonchev–Trinajstić information content (AvgIpc) is 3.27. The SMILES string of the molecule is O=C(Cc1cn2ccccc2n1)N[C@@H]1CC(Cn2cc(Cl)cn2)C[C@H]1O. The van der Waals surface area contributed by atoms with E-state index in [1.54, 1.807) is 17.1 Å². The first-order valence-corrected chi connectivity index (χ1v) is 9.02. The smallest absolute Gasteiger partial charge is 0.226 e. The number of pyridine rings is 1. The number of nitrogens with zero attached hydrogens (tertiary/aromatic N) is 4. The number of fused-ring (bicyclic) bond motifs is 1. The lowest BCUT2D eigenvalue weighted by Crippen LogP contribution is -2.40. The maximum Gasteiger partial charge on any atom is 0.226 e. The highest BCUT2D eigenvalue weighted by Gasteiger charge is 2.34. The summed E-state index contributed by atoms with van der Waals surface area (Å²) in [5.41, 5.74) is 1.53. The van der Waals surface area contributed by atoms with Gasteiger partial charge in [-0.2, -0.15) is 5.10 Å². The maximum atomic E-state index is 12.4. The van der Waals surface area contributed by atoms with Gasteiger partial charge in [-0.05, 0) is 30.9 Å². The number of amides is 1. The molecule has 3 aromatic heterocycles. The lowest BCUT2D eigenvalue weighted by atomic mass is 10.1. The summed E-state index contributed by atoms with van der Waals surface area (Å²) in [4.78, 5) is 16.8. The molecule has 3 aromatic rings. The molecule has 1 saturated carbocycles. The van der Waals surface area contributed by atoms with Gasteiger partial charge in [0.1, 0.15) is 5.65 Å². The molecule has 2 N–H and O–H groups in total. The Bertz CT molecular complexity index is 888. The van der Waals surface area contributed by atoms with Gasteiger partial charge in [-0.25, -0.2) is 4.98 Å². The van der Waals surface area contributed by atoms with Crippen LogP contribution in [-0.2, 0) is 17.8 Å². The Morgan fingerprint density at radius 2 is 2.23 bits per heavy atom. The van der Waals surface area contributed by atoms with Crippen LogP contribution in [-0.4, -0.2) is 42.3 Å². The zero-order valence-corrected chi connectivity index (χ0v) is 14.9. The van der Waals surface area contributed by atoms with Crippen LogP contribution in [0.15, 0.2) is 43.0 Å². The van der Waals surface area contributed by atoms with Crippen LogP contribution >= 0.6 is 11.6 Å². The number of imidazole rings is 1. The Balaban J connectivity index is 1.33.